The van der Waals surface area contributed by atoms with Crippen LogP contribution in [-0.4, -0.2) is 36.1 Å². The van der Waals surface area contributed by atoms with Gasteiger partial charge in [0, 0.05) is 13.1 Å². The van der Waals surface area contributed by atoms with Crippen molar-refractivity contribution < 1.29 is 9.53 Å². The van der Waals surface area contributed by atoms with Crippen molar-refractivity contribution in [3.63, 3.8) is 0 Å². The fraction of sp³-hybridized carbons (Fsp3) is 0.526. The summed E-state index contributed by atoms with van der Waals surface area (Å²) in [5.74, 6) is 0.254. The number of carbonyl (C=O) groups is 1. The third kappa shape index (κ3) is 2.19. The molecule has 0 aromatic heterocycles. The quantitative estimate of drug-likeness (QED) is 0.839. The monoisotopic (exact) mass is 297 g/mol. The molecule has 116 valence electrons. The fourth-order valence-electron chi connectivity index (χ4n) is 4.21. The molecule has 0 spiro atoms. The number of fused-ring (bicyclic) bond motifs is 2. The predicted octanol–water partition coefficient (Wildman–Crippen LogP) is 3.19. The highest BCUT2D eigenvalue weighted by Gasteiger charge is 2.41. The minimum Gasteiger partial charge on any atom is -0.370 e. The summed E-state index contributed by atoms with van der Waals surface area (Å²) in [7, 11) is 0. The average Bonchev–Trinajstić information content (AvgIpc) is 3.15. The molecule has 3 nitrogen and oxygen atoms in total. The summed E-state index contributed by atoms with van der Waals surface area (Å²) in [6.45, 7) is 4.67. The molecule has 2 aliphatic heterocycles. The summed E-state index contributed by atoms with van der Waals surface area (Å²) in [5, 5.41) is 0. The van der Waals surface area contributed by atoms with Gasteiger partial charge in [0.1, 0.15) is 0 Å². The van der Waals surface area contributed by atoms with Gasteiger partial charge in [-0.25, -0.2) is 0 Å². The van der Waals surface area contributed by atoms with Crippen LogP contribution in [0.3, 0.4) is 0 Å². The van der Waals surface area contributed by atoms with E-state index in [-0.39, 0.29) is 5.91 Å². The van der Waals surface area contributed by atoms with Crippen molar-refractivity contribution in [1.29, 1.82) is 0 Å². The number of amides is 1. The van der Waals surface area contributed by atoms with Crippen LogP contribution in [0.25, 0.3) is 5.57 Å². The van der Waals surface area contributed by atoms with E-state index >= 15 is 0 Å². The van der Waals surface area contributed by atoms with Gasteiger partial charge in [-0.2, -0.15) is 0 Å². The van der Waals surface area contributed by atoms with Crippen molar-refractivity contribution in [1.82, 2.24) is 4.90 Å². The van der Waals surface area contributed by atoms with Crippen LogP contribution < -0.4 is 0 Å². The maximum Gasteiger partial charge on any atom is 0.225 e. The van der Waals surface area contributed by atoms with Crippen molar-refractivity contribution in [2.24, 2.45) is 0 Å². The van der Waals surface area contributed by atoms with E-state index in [0.717, 1.165) is 45.4 Å². The lowest BCUT2D eigenvalue weighted by molar-refractivity contribution is -0.136. The normalized spacial score (nSPS) is 27.0. The van der Waals surface area contributed by atoms with Crippen LogP contribution >= 0.6 is 0 Å². The Labute approximate surface area is 132 Å². The van der Waals surface area contributed by atoms with Gasteiger partial charge >= 0.3 is 0 Å². The zero-order chi connectivity index (χ0) is 15.2. The molecule has 0 radical (unpaired) electrons. The summed E-state index contributed by atoms with van der Waals surface area (Å²) < 4.78 is 6.14. The SMILES string of the molecule is CC1(CC(=O)N2CCCC2)OCCC2=C1Cc1ccccc12. The Balaban J connectivity index is 1.62. The summed E-state index contributed by atoms with van der Waals surface area (Å²) in [5.41, 5.74) is 5.11. The Morgan fingerprint density at radius 1 is 1.27 bits per heavy atom. The molecule has 0 saturated carbocycles. The minimum absolute atomic E-state index is 0.254. The number of nitrogens with zero attached hydrogens (tertiary/aromatic N) is 1. The number of rotatable bonds is 2. The molecule has 3 heteroatoms. The van der Waals surface area contributed by atoms with E-state index in [0.29, 0.717) is 6.42 Å². The molecule has 1 aliphatic carbocycles. The molecule has 2 heterocycles. The second-order valence-corrected chi connectivity index (χ2v) is 6.89. The molecular formula is C19H23NO2. The van der Waals surface area contributed by atoms with Crippen LogP contribution in [0.15, 0.2) is 29.8 Å². The van der Waals surface area contributed by atoms with Crippen LogP contribution in [0.5, 0.6) is 0 Å². The summed E-state index contributed by atoms with van der Waals surface area (Å²) >= 11 is 0. The van der Waals surface area contributed by atoms with Gasteiger partial charge in [-0.15, -0.1) is 0 Å². The van der Waals surface area contributed by atoms with Crippen LogP contribution in [0.4, 0.5) is 0 Å². The first-order valence-electron chi connectivity index (χ1n) is 8.40. The minimum atomic E-state index is -0.424. The van der Waals surface area contributed by atoms with Crippen LogP contribution in [0, 0.1) is 0 Å². The van der Waals surface area contributed by atoms with Crippen molar-refractivity contribution in [3.05, 3.63) is 41.0 Å². The highest BCUT2D eigenvalue weighted by Crippen LogP contribution is 2.45. The van der Waals surface area contributed by atoms with E-state index < -0.39 is 5.60 Å². The van der Waals surface area contributed by atoms with E-state index in [1.165, 1.54) is 22.3 Å². The van der Waals surface area contributed by atoms with Crippen molar-refractivity contribution in [3.8, 4) is 0 Å². The maximum atomic E-state index is 12.6. The third-order valence-corrected chi connectivity index (χ3v) is 5.43. The summed E-state index contributed by atoms with van der Waals surface area (Å²) in [6, 6.07) is 8.63. The molecule has 0 bridgehead atoms. The van der Waals surface area contributed by atoms with Gasteiger partial charge in [-0.3, -0.25) is 4.79 Å². The lowest BCUT2D eigenvalue weighted by Gasteiger charge is -2.37. The zero-order valence-corrected chi connectivity index (χ0v) is 13.2. The smallest absolute Gasteiger partial charge is 0.225 e. The first kappa shape index (κ1) is 14.0. The Morgan fingerprint density at radius 2 is 2.05 bits per heavy atom. The molecule has 1 aromatic rings. The topological polar surface area (TPSA) is 29.5 Å². The number of likely N-dealkylation sites (tertiary alicyclic amines) is 1. The van der Waals surface area contributed by atoms with Crippen LogP contribution in [-0.2, 0) is 16.0 Å². The van der Waals surface area contributed by atoms with Crippen LogP contribution in [0.1, 0.15) is 43.7 Å². The number of benzene rings is 1. The molecule has 3 aliphatic rings. The van der Waals surface area contributed by atoms with E-state index in [1.807, 2.05) is 4.90 Å². The predicted molar refractivity (Wildman–Crippen MR) is 86.5 cm³/mol. The fourth-order valence-corrected chi connectivity index (χ4v) is 4.21. The van der Waals surface area contributed by atoms with E-state index in [2.05, 4.69) is 31.2 Å². The van der Waals surface area contributed by atoms with Crippen molar-refractivity contribution in [2.45, 2.75) is 44.6 Å². The second kappa shape index (κ2) is 5.24. The molecule has 22 heavy (non-hydrogen) atoms. The number of hydrogen-bond acceptors (Lipinski definition) is 2. The van der Waals surface area contributed by atoms with Gasteiger partial charge < -0.3 is 9.64 Å². The molecule has 1 unspecified atom stereocenters. The molecule has 0 N–H and O–H groups in total. The summed E-state index contributed by atoms with van der Waals surface area (Å²) in [6.07, 6.45) is 4.68. The molecule has 1 fully saturated rings. The lowest BCUT2D eigenvalue weighted by Crippen LogP contribution is -2.41. The largest absolute Gasteiger partial charge is 0.370 e. The lowest BCUT2D eigenvalue weighted by atomic mass is 9.85. The van der Waals surface area contributed by atoms with Gasteiger partial charge in [0.25, 0.3) is 0 Å². The Bertz CT molecular complexity index is 643. The van der Waals surface area contributed by atoms with Gasteiger partial charge in [0.2, 0.25) is 5.91 Å². The van der Waals surface area contributed by atoms with Gasteiger partial charge in [0.15, 0.2) is 0 Å². The van der Waals surface area contributed by atoms with Crippen molar-refractivity contribution in [2.75, 3.05) is 19.7 Å². The highest BCUT2D eigenvalue weighted by atomic mass is 16.5. The molecular weight excluding hydrogens is 274 g/mol. The second-order valence-electron chi connectivity index (χ2n) is 6.89. The Morgan fingerprint density at radius 3 is 2.86 bits per heavy atom. The van der Waals surface area contributed by atoms with E-state index in [1.54, 1.807) is 0 Å². The number of ether oxygens (including phenoxy) is 1. The van der Waals surface area contributed by atoms with Gasteiger partial charge in [-0.1, -0.05) is 24.3 Å². The molecule has 4 rings (SSSR count). The van der Waals surface area contributed by atoms with E-state index in [9.17, 15) is 4.79 Å². The average molecular weight is 297 g/mol. The third-order valence-electron chi connectivity index (χ3n) is 5.43. The first-order valence-corrected chi connectivity index (χ1v) is 8.40. The standard InChI is InChI=1S/C19H23NO2/c1-19(13-18(21)20-9-4-5-10-20)17-12-14-6-2-3-7-15(14)16(17)8-11-22-19/h2-3,6-7H,4-5,8-13H2,1H3. The Kier molecular flexibility index (Phi) is 3.33. The van der Waals surface area contributed by atoms with Crippen LogP contribution in [0.2, 0.25) is 0 Å². The first-order chi connectivity index (χ1) is 10.7. The zero-order valence-electron chi connectivity index (χ0n) is 13.2. The van der Waals surface area contributed by atoms with Gasteiger partial charge in [-0.05, 0) is 54.9 Å². The number of carbonyl (C=O) groups excluding carboxylic acids is 1. The van der Waals surface area contributed by atoms with Gasteiger partial charge in [0.05, 0.1) is 18.6 Å². The van der Waals surface area contributed by atoms with Crippen molar-refractivity contribution >= 4 is 11.5 Å². The highest BCUT2D eigenvalue weighted by molar-refractivity contribution is 5.82. The number of hydrogen-bond donors (Lipinski definition) is 0. The molecule has 1 saturated heterocycles. The Hall–Kier alpha value is -1.61. The maximum absolute atomic E-state index is 12.6. The summed E-state index contributed by atoms with van der Waals surface area (Å²) in [4.78, 5) is 14.6. The van der Waals surface area contributed by atoms with E-state index in [4.69, 9.17) is 4.74 Å². The molecule has 1 amide bonds. The molecule has 1 atom stereocenters. The molecule has 1 aromatic carbocycles.